The van der Waals surface area contributed by atoms with Crippen molar-refractivity contribution in [2.24, 2.45) is 0 Å². The van der Waals surface area contributed by atoms with Gasteiger partial charge in [0.1, 0.15) is 22.3 Å². The molecule has 186 valence electrons. The normalized spacial score (nSPS) is 13.3. The van der Waals surface area contributed by atoms with E-state index in [2.05, 4.69) is 20.4 Å². The number of hydrogen-bond acceptors (Lipinski definition) is 7. The van der Waals surface area contributed by atoms with Crippen LogP contribution in [0.2, 0.25) is 0 Å². The topological polar surface area (TPSA) is 112 Å². The van der Waals surface area contributed by atoms with Gasteiger partial charge >= 0.3 is 0 Å². The molecule has 0 spiro atoms. The van der Waals surface area contributed by atoms with Gasteiger partial charge in [-0.15, -0.1) is 0 Å². The van der Waals surface area contributed by atoms with Crippen molar-refractivity contribution in [3.8, 4) is 0 Å². The fraction of sp³-hybridized carbons (Fsp3) is 0.261. The second kappa shape index (κ2) is 11.8. The van der Waals surface area contributed by atoms with Crippen LogP contribution in [-0.4, -0.2) is 48.2 Å². The van der Waals surface area contributed by atoms with Gasteiger partial charge in [-0.2, -0.15) is 10.2 Å². The van der Waals surface area contributed by atoms with Gasteiger partial charge in [0, 0.05) is 30.5 Å². The highest BCUT2D eigenvalue weighted by molar-refractivity contribution is 7.90. The molecule has 2 heterocycles. The molecule has 0 aliphatic carbocycles. The summed E-state index contributed by atoms with van der Waals surface area (Å²) >= 11 is 0. The van der Waals surface area contributed by atoms with Crippen molar-refractivity contribution in [3.05, 3.63) is 82.9 Å². The molecule has 1 fully saturated rings. The van der Waals surface area contributed by atoms with Crippen molar-refractivity contribution in [2.45, 2.75) is 30.2 Å². The van der Waals surface area contributed by atoms with Gasteiger partial charge in [-0.3, -0.25) is 9.69 Å². The van der Waals surface area contributed by atoms with Gasteiger partial charge in [0.25, 0.3) is 6.47 Å². The van der Waals surface area contributed by atoms with E-state index in [1.807, 2.05) is 6.07 Å². The second-order valence-electron chi connectivity index (χ2n) is 7.71. The number of sulfone groups is 1. The first-order chi connectivity index (χ1) is 16.7. The molecular weight excluding hydrogens is 485 g/mol. The molecule has 0 radical (unpaired) electrons. The van der Waals surface area contributed by atoms with Gasteiger partial charge in [0.05, 0.1) is 11.4 Å². The number of likely N-dealkylation sites (tertiary alicyclic amines) is 1. The molecule has 1 aromatic heterocycles. The largest absolute Gasteiger partial charge is 0.483 e. The Hall–Kier alpha value is -3.51. The number of aromatic nitrogens is 2. The Morgan fingerprint density at radius 3 is 2.31 bits per heavy atom. The molecule has 1 aliphatic heterocycles. The molecule has 1 saturated heterocycles. The van der Waals surface area contributed by atoms with Crippen LogP contribution in [0.1, 0.15) is 23.2 Å². The van der Waals surface area contributed by atoms with Gasteiger partial charge in [0.2, 0.25) is 0 Å². The van der Waals surface area contributed by atoms with Crippen LogP contribution in [0, 0.1) is 17.5 Å². The molecule has 4 rings (SSSR count). The fourth-order valence-corrected chi connectivity index (χ4v) is 4.96. The lowest BCUT2D eigenvalue weighted by Gasteiger charge is -2.31. The Morgan fingerprint density at radius 2 is 1.74 bits per heavy atom. The average molecular weight is 509 g/mol. The molecule has 8 nitrogen and oxygen atoms in total. The molecule has 2 N–H and O–H groups in total. The lowest BCUT2D eigenvalue weighted by atomic mass is 10.0. The number of nitrogens with one attached hydrogen (secondary N) is 1. The Bertz CT molecular complexity index is 1250. The maximum absolute atomic E-state index is 14.6. The highest BCUT2D eigenvalue weighted by Gasteiger charge is 2.26. The Labute approximate surface area is 200 Å². The smallest absolute Gasteiger partial charge is 0.290 e. The molecule has 0 amide bonds. The lowest BCUT2D eigenvalue weighted by Crippen LogP contribution is -2.36. The number of benzene rings is 2. The van der Waals surface area contributed by atoms with Crippen LogP contribution in [0.4, 0.5) is 18.9 Å². The maximum atomic E-state index is 14.6. The van der Waals surface area contributed by atoms with Crippen molar-refractivity contribution < 1.29 is 31.5 Å². The zero-order valence-electron chi connectivity index (χ0n) is 18.5. The molecular formula is C23H23F3N4O4S. The summed E-state index contributed by atoms with van der Waals surface area (Å²) in [4.78, 5) is 9.51. The zero-order valence-corrected chi connectivity index (χ0v) is 19.3. The monoisotopic (exact) mass is 508 g/mol. The van der Waals surface area contributed by atoms with Crippen LogP contribution in [0.15, 0.2) is 53.6 Å². The number of hydrogen-bond donors (Lipinski definition) is 2. The van der Waals surface area contributed by atoms with Gasteiger partial charge in [-0.05, 0) is 55.4 Å². The number of anilines is 1. The second-order valence-corrected chi connectivity index (χ2v) is 9.64. The molecule has 0 saturated carbocycles. The minimum atomic E-state index is -4.33. The minimum absolute atomic E-state index is 0.000425. The molecule has 3 aromatic rings. The predicted octanol–water partition coefficient (Wildman–Crippen LogP) is 3.39. The Balaban J connectivity index is 0.00000108. The maximum Gasteiger partial charge on any atom is 0.290 e. The highest BCUT2D eigenvalue weighted by atomic mass is 32.2. The van der Waals surface area contributed by atoms with E-state index in [4.69, 9.17) is 9.90 Å². The van der Waals surface area contributed by atoms with E-state index in [0.717, 1.165) is 37.2 Å². The van der Waals surface area contributed by atoms with Gasteiger partial charge in [-0.25, -0.2) is 21.6 Å². The third-order valence-corrected chi connectivity index (χ3v) is 6.99. The van der Waals surface area contributed by atoms with Crippen LogP contribution in [0.3, 0.4) is 0 Å². The van der Waals surface area contributed by atoms with Gasteiger partial charge < -0.3 is 10.4 Å². The highest BCUT2D eigenvalue weighted by Crippen LogP contribution is 2.27. The first-order valence-corrected chi connectivity index (χ1v) is 12.2. The number of rotatable bonds is 8. The van der Waals surface area contributed by atoms with Crippen molar-refractivity contribution in [2.75, 3.05) is 18.4 Å². The summed E-state index contributed by atoms with van der Waals surface area (Å²) in [7, 11) is -4.33. The van der Waals surface area contributed by atoms with Crippen molar-refractivity contribution in [3.63, 3.8) is 0 Å². The van der Waals surface area contributed by atoms with Crippen LogP contribution in [-0.2, 0) is 33.5 Å². The zero-order chi connectivity index (χ0) is 25.4. The minimum Gasteiger partial charge on any atom is -0.483 e. The molecule has 0 atom stereocenters. The SMILES string of the molecule is O=CO.O=S(=O)(Cc1cccnn1)c1c(F)cc(NCc2c(F)cccc2CN2CCC2)cc1F. The number of carbonyl (C=O) groups is 1. The molecule has 0 bridgehead atoms. The lowest BCUT2D eigenvalue weighted by molar-refractivity contribution is -0.122. The quantitative estimate of drug-likeness (QED) is 0.446. The number of nitrogens with zero attached hydrogens (tertiary/aromatic N) is 3. The van der Waals surface area contributed by atoms with Crippen molar-refractivity contribution >= 4 is 22.0 Å². The molecule has 0 unspecified atom stereocenters. The van der Waals surface area contributed by atoms with Gasteiger partial charge in [-0.1, -0.05) is 12.1 Å². The third-order valence-electron chi connectivity index (χ3n) is 5.30. The standard InChI is InChI=1S/C22H21F3N4O2S.CH2O2/c23-19-6-1-4-15(13-29-8-3-9-29)18(19)12-26-17-10-20(24)22(21(25)11-17)32(30,31)14-16-5-2-7-27-28-16;2-1-3/h1-2,4-7,10-11,26H,3,8-9,12-14H2;1H,(H,2,3). The number of carboxylic acid groups (broad SMARTS) is 1. The fourth-order valence-electron chi connectivity index (χ4n) is 3.56. The third kappa shape index (κ3) is 6.76. The summed E-state index contributed by atoms with van der Waals surface area (Å²) in [6.07, 6.45) is 2.47. The van der Waals surface area contributed by atoms with Crippen molar-refractivity contribution in [1.82, 2.24) is 15.1 Å². The molecule has 1 aliphatic rings. The van der Waals surface area contributed by atoms with Crippen LogP contribution in [0.25, 0.3) is 0 Å². The predicted molar refractivity (Wildman–Crippen MR) is 122 cm³/mol. The van der Waals surface area contributed by atoms with E-state index in [-0.39, 0.29) is 24.4 Å². The van der Waals surface area contributed by atoms with Gasteiger partial charge in [0.15, 0.2) is 9.84 Å². The summed E-state index contributed by atoms with van der Waals surface area (Å²) < 4.78 is 68.8. The summed E-state index contributed by atoms with van der Waals surface area (Å²) in [5, 5.41) is 16.9. The first-order valence-electron chi connectivity index (χ1n) is 10.5. The van der Waals surface area contributed by atoms with E-state index in [0.29, 0.717) is 12.1 Å². The van der Waals surface area contributed by atoms with E-state index in [1.165, 1.54) is 24.4 Å². The molecule has 2 aromatic carbocycles. The summed E-state index contributed by atoms with van der Waals surface area (Å²) in [6.45, 7) is 2.24. The molecule has 35 heavy (non-hydrogen) atoms. The van der Waals surface area contributed by atoms with E-state index in [1.54, 1.807) is 6.07 Å². The Morgan fingerprint density at radius 1 is 1.06 bits per heavy atom. The van der Waals surface area contributed by atoms with Crippen LogP contribution in [0.5, 0.6) is 0 Å². The number of halogens is 3. The van der Waals surface area contributed by atoms with Crippen molar-refractivity contribution in [1.29, 1.82) is 0 Å². The first kappa shape index (κ1) is 26.1. The Kier molecular flexibility index (Phi) is 8.77. The summed E-state index contributed by atoms with van der Waals surface area (Å²) in [6, 6.07) is 9.45. The van der Waals surface area contributed by atoms with E-state index in [9.17, 15) is 21.6 Å². The average Bonchev–Trinajstić information content (AvgIpc) is 2.76. The summed E-state index contributed by atoms with van der Waals surface area (Å²) in [5.74, 6) is -3.56. The van der Waals surface area contributed by atoms with E-state index < -0.39 is 37.9 Å². The van der Waals surface area contributed by atoms with E-state index >= 15 is 0 Å². The van der Waals surface area contributed by atoms with Crippen LogP contribution < -0.4 is 5.32 Å². The van der Waals surface area contributed by atoms with Crippen LogP contribution >= 0.6 is 0 Å². The molecule has 12 heteroatoms. The summed E-state index contributed by atoms with van der Waals surface area (Å²) in [5.41, 5.74) is 1.28.